The van der Waals surface area contributed by atoms with Crippen molar-refractivity contribution in [2.75, 3.05) is 0 Å². The van der Waals surface area contributed by atoms with Gasteiger partial charge in [-0.1, -0.05) is 41.9 Å². The smallest absolute Gasteiger partial charge is 0.161 e. The minimum absolute atomic E-state index is 0.293. The van der Waals surface area contributed by atoms with Gasteiger partial charge in [0.05, 0.1) is 5.69 Å². The third kappa shape index (κ3) is 2.68. The van der Waals surface area contributed by atoms with Crippen molar-refractivity contribution in [3.63, 3.8) is 0 Å². The van der Waals surface area contributed by atoms with Crippen molar-refractivity contribution >= 4 is 11.6 Å². The number of hydrogen-bond donors (Lipinski definition) is 0. The first-order valence-corrected chi connectivity index (χ1v) is 6.46. The zero-order valence-electron chi connectivity index (χ0n) is 10.4. The largest absolute Gasteiger partial charge is 0.228 e. The van der Waals surface area contributed by atoms with Crippen LogP contribution in [0.3, 0.4) is 0 Å². The summed E-state index contributed by atoms with van der Waals surface area (Å²) in [6, 6.07) is 17.4. The van der Waals surface area contributed by atoms with Crippen LogP contribution in [0.4, 0.5) is 4.39 Å². The molecule has 3 aromatic rings. The Morgan fingerprint density at radius 2 is 1.50 bits per heavy atom. The van der Waals surface area contributed by atoms with Crippen LogP contribution in [0.1, 0.15) is 0 Å². The van der Waals surface area contributed by atoms with Gasteiger partial charge in [0, 0.05) is 17.2 Å². The Morgan fingerprint density at radius 3 is 2.20 bits per heavy atom. The van der Waals surface area contributed by atoms with Crippen LogP contribution in [0, 0.1) is 5.82 Å². The predicted molar refractivity (Wildman–Crippen MR) is 77.9 cm³/mol. The van der Waals surface area contributed by atoms with E-state index < -0.39 is 0 Å². The van der Waals surface area contributed by atoms with Gasteiger partial charge >= 0.3 is 0 Å². The SMILES string of the molecule is Fc1ccc(-c2nc(Cl)cc(-c3ccccc3)n2)cc1. The molecule has 3 rings (SSSR count). The first-order chi connectivity index (χ1) is 9.72. The molecule has 98 valence electrons. The van der Waals surface area contributed by atoms with Gasteiger partial charge in [0.15, 0.2) is 5.82 Å². The molecule has 0 aliphatic rings. The van der Waals surface area contributed by atoms with Crippen LogP contribution in [0.15, 0.2) is 60.7 Å². The molecule has 2 aromatic carbocycles. The molecule has 0 radical (unpaired) electrons. The van der Waals surface area contributed by atoms with Gasteiger partial charge in [0.25, 0.3) is 0 Å². The maximum atomic E-state index is 13.0. The van der Waals surface area contributed by atoms with Crippen LogP contribution in [0.25, 0.3) is 22.6 Å². The second-order valence-electron chi connectivity index (χ2n) is 4.27. The van der Waals surface area contributed by atoms with E-state index in [0.29, 0.717) is 11.0 Å². The van der Waals surface area contributed by atoms with Crippen LogP contribution in [0.2, 0.25) is 5.15 Å². The van der Waals surface area contributed by atoms with E-state index in [1.165, 1.54) is 12.1 Å². The molecule has 1 heterocycles. The van der Waals surface area contributed by atoms with Crippen LogP contribution in [0.5, 0.6) is 0 Å². The first kappa shape index (κ1) is 12.8. The third-order valence-corrected chi connectivity index (χ3v) is 3.06. The highest BCUT2D eigenvalue weighted by molar-refractivity contribution is 6.29. The lowest BCUT2D eigenvalue weighted by Gasteiger charge is -2.05. The fourth-order valence-electron chi connectivity index (χ4n) is 1.90. The van der Waals surface area contributed by atoms with Gasteiger partial charge < -0.3 is 0 Å². The molecule has 0 saturated heterocycles. The van der Waals surface area contributed by atoms with E-state index in [1.807, 2.05) is 30.3 Å². The topological polar surface area (TPSA) is 25.8 Å². The lowest BCUT2D eigenvalue weighted by molar-refractivity contribution is 0.628. The van der Waals surface area contributed by atoms with Crippen molar-refractivity contribution in [3.8, 4) is 22.6 Å². The first-order valence-electron chi connectivity index (χ1n) is 6.08. The van der Waals surface area contributed by atoms with Gasteiger partial charge in [-0.15, -0.1) is 0 Å². The fourth-order valence-corrected chi connectivity index (χ4v) is 2.09. The molecule has 0 atom stereocenters. The van der Waals surface area contributed by atoms with Gasteiger partial charge in [-0.25, -0.2) is 14.4 Å². The fraction of sp³-hybridized carbons (Fsp3) is 0. The minimum atomic E-state index is -0.293. The molecular formula is C16H10ClFN2. The summed E-state index contributed by atoms with van der Waals surface area (Å²) in [5.74, 6) is 0.190. The molecule has 1 aromatic heterocycles. The molecule has 4 heteroatoms. The Hall–Kier alpha value is -2.26. The number of rotatable bonds is 2. The maximum Gasteiger partial charge on any atom is 0.161 e. The number of hydrogen-bond acceptors (Lipinski definition) is 2. The Morgan fingerprint density at radius 1 is 0.800 bits per heavy atom. The molecule has 0 amide bonds. The summed E-state index contributed by atoms with van der Waals surface area (Å²) in [4.78, 5) is 8.68. The lowest BCUT2D eigenvalue weighted by atomic mass is 10.1. The standard InChI is InChI=1S/C16H10ClFN2/c17-15-10-14(11-4-2-1-3-5-11)19-16(20-15)12-6-8-13(18)9-7-12/h1-10H. The van der Waals surface area contributed by atoms with E-state index in [9.17, 15) is 4.39 Å². The number of aromatic nitrogens is 2. The second kappa shape index (κ2) is 5.39. The van der Waals surface area contributed by atoms with Crippen LogP contribution < -0.4 is 0 Å². The molecule has 0 N–H and O–H groups in total. The predicted octanol–water partition coefficient (Wildman–Crippen LogP) is 4.60. The Bertz CT molecular complexity index is 727. The van der Waals surface area contributed by atoms with Gasteiger partial charge in [0.1, 0.15) is 11.0 Å². The van der Waals surface area contributed by atoms with Gasteiger partial charge in [-0.05, 0) is 24.3 Å². The Kier molecular flexibility index (Phi) is 3.44. The average molecular weight is 285 g/mol. The van der Waals surface area contributed by atoms with E-state index in [0.717, 1.165) is 16.8 Å². The van der Waals surface area contributed by atoms with E-state index >= 15 is 0 Å². The molecule has 0 aliphatic heterocycles. The number of nitrogens with zero attached hydrogens (tertiary/aromatic N) is 2. The molecule has 0 saturated carbocycles. The van der Waals surface area contributed by atoms with E-state index in [1.54, 1.807) is 18.2 Å². The van der Waals surface area contributed by atoms with E-state index in [4.69, 9.17) is 11.6 Å². The molecule has 2 nitrogen and oxygen atoms in total. The highest BCUT2D eigenvalue weighted by Gasteiger charge is 2.07. The second-order valence-corrected chi connectivity index (χ2v) is 4.66. The Labute approximate surface area is 120 Å². The summed E-state index contributed by atoms with van der Waals surface area (Å²) < 4.78 is 13.0. The molecule has 0 aliphatic carbocycles. The zero-order chi connectivity index (χ0) is 13.9. The molecule has 0 unspecified atom stereocenters. The third-order valence-electron chi connectivity index (χ3n) is 2.87. The van der Waals surface area contributed by atoms with Crippen molar-refractivity contribution in [2.45, 2.75) is 0 Å². The quantitative estimate of drug-likeness (QED) is 0.643. The van der Waals surface area contributed by atoms with Crippen LogP contribution >= 0.6 is 11.6 Å². The van der Waals surface area contributed by atoms with Crippen LogP contribution in [-0.4, -0.2) is 9.97 Å². The minimum Gasteiger partial charge on any atom is -0.228 e. The van der Waals surface area contributed by atoms with Crippen molar-refractivity contribution < 1.29 is 4.39 Å². The summed E-state index contributed by atoms with van der Waals surface area (Å²) in [7, 11) is 0. The van der Waals surface area contributed by atoms with Crippen molar-refractivity contribution in [1.82, 2.24) is 9.97 Å². The number of halogens is 2. The summed E-state index contributed by atoms with van der Waals surface area (Å²) in [5.41, 5.74) is 2.43. The molecule has 20 heavy (non-hydrogen) atoms. The van der Waals surface area contributed by atoms with Crippen molar-refractivity contribution in [1.29, 1.82) is 0 Å². The molecule has 0 bridgehead atoms. The normalized spacial score (nSPS) is 10.5. The van der Waals surface area contributed by atoms with Crippen molar-refractivity contribution in [2.24, 2.45) is 0 Å². The molecular weight excluding hydrogens is 275 g/mol. The van der Waals surface area contributed by atoms with Crippen LogP contribution in [-0.2, 0) is 0 Å². The average Bonchev–Trinajstić information content (AvgIpc) is 2.48. The molecule has 0 fully saturated rings. The Balaban J connectivity index is 2.09. The van der Waals surface area contributed by atoms with E-state index in [-0.39, 0.29) is 5.82 Å². The number of benzene rings is 2. The summed E-state index contributed by atoms with van der Waals surface area (Å²) in [6.45, 7) is 0. The summed E-state index contributed by atoms with van der Waals surface area (Å²) in [6.07, 6.45) is 0. The maximum absolute atomic E-state index is 13.0. The molecule has 0 spiro atoms. The highest BCUT2D eigenvalue weighted by atomic mass is 35.5. The van der Waals surface area contributed by atoms with E-state index in [2.05, 4.69) is 9.97 Å². The van der Waals surface area contributed by atoms with Gasteiger partial charge in [0.2, 0.25) is 0 Å². The monoisotopic (exact) mass is 284 g/mol. The summed E-state index contributed by atoms with van der Waals surface area (Å²) >= 11 is 6.06. The zero-order valence-corrected chi connectivity index (χ0v) is 11.2. The highest BCUT2D eigenvalue weighted by Crippen LogP contribution is 2.24. The van der Waals surface area contributed by atoms with Gasteiger partial charge in [-0.3, -0.25) is 0 Å². The summed E-state index contributed by atoms with van der Waals surface area (Å²) in [5, 5.41) is 0.359. The van der Waals surface area contributed by atoms with Crippen molar-refractivity contribution in [3.05, 3.63) is 71.6 Å². The lowest BCUT2D eigenvalue weighted by Crippen LogP contribution is -1.93. The van der Waals surface area contributed by atoms with Gasteiger partial charge in [-0.2, -0.15) is 0 Å².